The van der Waals surface area contributed by atoms with E-state index in [1.807, 2.05) is 17.2 Å². The summed E-state index contributed by atoms with van der Waals surface area (Å²) in [7, 11) is 0.0362. The van der Waals surface area contributed by atoms with Crippen molar-refractivity contribution >= 4 is 13.7 Å². The van der Waals surface area contributed by atoms with Crippen LogP contribution in [0.5, 0.6) is 0 Å². The Morgan fingerprint density at radius 2 is 1.35 bits per heavy atom. The molecular formula is C29H53N2O5P. The maximum absolute atomic E-state index is 12.1. The van der Waals surface area contributed by atoms with Crippen LogP contribution in [0.4, 0.5) is 0 Å². The Morgan fingerprint density at radius 1 is 0.865 bits per heavy atom. The number of hydrogen-bond acceptors (Lipinski definition) is 4. The maximum Gasteiger partial charge on any atom is 0.338 e. The minimum Gasteiger partial charge on any atom is -0.766 e. The van der Waals surface area contributed by atoms with Crippen LogP contribution < -0.4 is 9.98 Å². The Kier molecular flexibility index (Phi) is 18.1. The predicted molar refractivity (Wildman–Crippen MR) is 150 cm³/mol. The molecule has 1 aromatic carbocycles. The SMILES string of the molecule is CCCCCCCCCCCCCCCC[N+](C)(C)Cc1ccc(C(=O)OCCCNP(=O)([O-])O)cc1. The fraction of sp³-hybridized carbons (Fsp3) is 0.759. The van der Waals surface area contributed by atoms with Crippen LogP contribution in [-0.4, -0.2) is 49.1 Å². The molecule has 1 aromatic rings. The molecule has 0 heterocycles. The molecule has 0 bridgehead atoms. The van der Waals surface area contributed by atoms with Crippen molar-refractivity contribution in [1.29, 1.82) is 0 Å². The number of unbranched alkanes of at least 4 members (excludes halogenated alkanes) is 13. The summed E-state index contributed by atoms with van der Waals surface area (Å²) < 4.78 is 16.7. The van der Waals surface area contributed by atoms with Gasteiger partial charge in [0.05, 0.1) is 32.8 Å². The second-order valence-electron chi connectivity index (χ2n) is 11.0. The fourth-order valence-electron chi connectivity index (χ4n) is 4.59. The molecule has 8 heteroatoms. The average molecular weight is 541 g/mol. The van der Waals surface area contributed by atoms with E-state index in [9.17, 15) is 14.3 Å². The molecule has 1 atom stereocenters. The van der Waals surface area contributed by atoms with E-state index in [1.54, 1.807) is 12.1 Å². The third kappa shape index (κ3) is 19.5. The van der Waals surface area contributed by atoms with E-state index >= 15 is 0 Å². The van der Waals surface area contributed by atoms with Crippen molar-refractivity contribution < 1.29 is 28.4 Å². The Hall–Kier alpha value is -1.24. The van der Waals surface area contributed by atoms with E-state index in [0.717, 1.165) is 17.6 Å². The molecule has 1 rings (SSSR count). The zero-order valence-electron chi connectivity index (χ0n) is 23.7. The summed E-state index contributed by atoms with van der Waals surface area (Å²) in [5.74, 6) is -0.433. The second kappa shape index (κ2) is 19.8. The number of ether oxygens (including phenoxy) is 1. The van der Waals surface area contributed by atoms with E-state index in [1.165, 1.54) is 95.5 Å². The summed E-state index contributed by atoms with van der Waals surface area (Å²) in [4.78, 5) is 31.4. The second-order valence-corrected chi connectivity index (χ2v) is 12.4. The van der Waals surface area contributed by atoms with Crippen molar-refractivity contribution in [1.82, 2.24) is 5.09 Å². The lowest BCUT2D eigenvalue weighted by atomic mass is 10.0. The van der Waals surface area contributed by atoms with Gasteiger partial charge in [0.15, 0.2) is 0 Å². The lowest BCUT2D eigenvalue weighted by Crippen LogP contribution is -2.39. The third-order valence-corrected chi connectivity index (χ3v) is 7.41. The standard InChI is InChI=1S/C29H53N2O5P/c1-4-5-6-7-8-9-10-11-12-13-14-15-16-17-24-31(2,3)26-27-19-21-28(22-20-27)29(32)36-25-18-23-30-37(33,34)35/h19-22H,4-18,23-26H2,1-3H3,(H2-,30,33,34,35). The van der Waals surface area contributed by atoms with Crippen LogP contribution in [0.2, 0.25) is 0 Å². The van der Waals surface area contributed by atoms with E-state index in [-0.39, 0.29) is 13.2 Å². The highest BCUT2D eigenvalue weighted by molar-refractivity contribution is 7.48. The molecule has 0 aliphatic heterocycles. The Balaban J connectivity index is 2.11. The number of rotatable bonds is 23. The smallest absolute Gasteiger partial charge is 0.338 e. The average Bonchev–Trinajstić information content (AvgIpc) is 2.83. The molecule has 0 aliphatic rings. The Bertz CT molecular complexity index is 764. The van der Waals surface area contributed by atoms with Crippen molar-refractivity contribution in [2.75, 3.05) is 33.8 Å². The van der Waals surface area contributed by atoms with Gasteiger partial charge in [0.1, 0.15) is 6.54 Å². The molecule has 214 valence electrons. The van der Waals surface area contributed by atoms with Crippen molar-refractivity contribution in [3.63, 3.8) is 0 Å². The monoisotopic (exact) mass is 540 g/mol. The summed E-state index contributed by atoms with van der Waals surface area (Å²) in [6.07, 6.45) is 19.5. The Morgan fingerprint density at radius 3 is 1.84 bits per heavy atom. The van der Waals surface area contributed by atoms with E-state index in [2.05, 4.69) is 21.0 Å². The molecule has 0 amide bonds. The van der Waals surface area contributed by atoms with E-state index < -0.39 is 13.7 Å². The highest BCUT2D eigenvalue weighted by Crippen LogP contribution is 2.21. The van der Waals surface area contributed by atoms with Crippen LogP contribution in [0.25, 0.3) is 0 Å². The van der Waals surface area contributed by atoms with Crippen molar-refractivity contribution in [3.05, 3.63) is 35.4 Å². The zero-order valence-corrected chi connectivity index (χ0v) is 24.6. The first-order chi connectivity index (χ1) is 17.6. The summed E-state index contributed by atoms with van der Waals surface area (Å²) in [5.41, 5.74) is 1.66. The molecular weight excluding hydrogens is 487 g/mol. The first-order valence-electron chi connectivity index (χ1n) is 14.5. The molecule has 0 spiro atoms. The highest BCUT2D eigenvalue weighted by Gasteiger charge is 2.16. The first kappa shape index (κ1) is 33.8. The fourth-order valence-corrected chi connectivity index (χ4v) is 5.04. The van der Waals surface area contributed by atoms with Crippen LogP contribution in [-0.2, 0) is 15.8 Å². The van der Waals surface area contributed by atoms with Crippen LogP contribution in [0.15, 0.2) is 24.3 Å². The van der Waals surface area contributed by atoms with Gasteiger partial charge in [-0.2, -0.15) is 0 Å². The molecule has 0 aliphatic carbocycles. The number of carbonyl (C=O) groups excluding carboxylic acids is 1. The molecule has 37 heavy (non-hydrogen) atoms. The van der Waals surface area contributed by atoms with Gasteiger partial charge in [0, 0.05) is 12.1 Å². The van der Waals surface area contributed by atoms with Crippen molar-refractivity contribution in [3.8, 4) is 0 Å². The van der Waals surface area contributed by atoms with Gasteiger partial charge in [-0.3, -0.25) is 9.65 Å². The maximum atomic E-state index is 12.1. The first-order valence-corrected chi connectivity index (χ1v) is 16.1. The van der Waals surface area contributed by atoms with Gasteiger partial charge in [-0.05, 0) is 31.4 Å². The predicted octanol–water partition coefficient (Wildman–Crippen LogP) is 6.34. The summed E-state index contributed by atoms with van der Waals surface area (Å²) in [5, 5.41) is 1.97. The van der Waals surface area contributed by atoms with Gasteiger partial charge in [-0.1, -0.05) is 96.1 Å². The van der Waals surface area contributed by atoms with Gasteiger partial charge in [-0.15, -0.1) is 0 Å². The van der Waals surface area contributed by atoms with E-state index in [0.29, 0.717) is 12.0 Å². The van der Waals surface area contributed by atoms with Gasteiger partial charge in [0.2, 0.25) is 7.75 Å². The molecule has 1 unspecified atom stereocenters. The normalized spacial score (nSPS) is 13.4. The minimum atomic E-state index is -4.47. The lowest BCUT2D eigenvalue weighted by molar-refractivity contribution is -0.903. The highest BCUT2D eigenvalue weighted by atomic mass is 31.2. The number of carbonyl (C=O) groups is 1. The Labute approximate surface area is 226 Å². The number of nitrogens with one attached hydrogen (secondary N) is 1. The zero-order chi connectivity index (χ0) is 27.4. The van der Waals surface area contributed by atoms with Crippen molar-refractivity contribution in [2.45, 2.75) is 110 Å². The van der Waals surface area contributed by atoms with Gasteiger partial charge in [0.25, 0.3) is 0 Å². The molecule has 0 aromatic heterocycles. The molecule has 7 nitrogen and oxygen atoms in total. The number of benzene rings is 1. The van der Waals surface area contributed by atoms with Crippen LogP contribution in [0, 0.1) is 0 Å². The third-order valence-electron chi connectivity index (χ3n) is 6.78. The molecule has 0 saturated heterocycles. The van der Waals surface area contributed by atoms with Crippen molar-refractivity contribution in [2.24, 2.45) is 0 Å². The summed E-state index contributed by atoms with van der Waals surface area (Å²) in [6, 6.07) is 7.51. The van der Waals surface area contributed by atoms with Gasteiger partial charge >= 0.3 is 5.97 Å². The van der Waals surface area contributed by atoms with E-state index in [4.69, 9.17) is 9.63 Å². The summed E-state index contributed by atoms with van der Waals surface area (Å²) >= 11 is 0. The number of hydrogen-bond donors (Lipinski definition) is 2. The molecule has 2 N–H and O–H groups in total. The largest absolute Gasteiger partial charge is 0.766 e. The molecule has 0 radical (unpaired) electrons. The number of esters is 1. The summed E-state index contributed by atoms with van der Waals surface area (Å²) in [6.45, 7) is 4.43. The van der Waals surface area contributed by atoms with Crippen LogP contribution in [0.1, 0.15) is 119 Å². The number of quaternary nitrogens is 1. The quantitative estimate of drug-likeness (QED) is 0.0727. The van der Waals surface area contributed by atoms with Gasteiger partial charge < -0.3 is 19.0 Å². The van der Waals surface area contributed by atoms with Crippen LogP contribution in [0.3, 0.4) is 0 Å². The number of nitrogens with zero attached hydrogens (tertiary/aromatic N) is 1. The lowest BCUT2D eigenvalue weighted by Gasteiger charge is -2.30. The van der Waals surface area contributed by atoms with Gasteiger partial charge in [-0.25, -0.2) is 4.79 Å². The topological polar surface area (TPSA) is 98.7 Å². The molecule has 0 fully saturated rings. The molecule has 0 saturated carbocycles. The van der Waals surface area contributed by atoms with Crippen LogP contribution >= 0.6 is 7.75 Å². The minimum absolute atomic E-state index is 0.0236.